The van der Waals surface area contributed by atoms with Crippen LogP contribution in [0, 0.1) is 12.7 Å². The molecule has 0 spiro atoms. The SMILES string of the molecule is Cc1c(N)c(S(=O)(=O)O)cc(S(=O)(=O)Oc2ccccc2)c1F. The molecule has 0 fully saturated rings. The average molecular weight is 361 g/mol. The van der Waals surface area contributed by atoms with Crippen molar-refractivity contribution in [1.82, 2.24) is 0 Å². The molecule has 2 rings (SSSR count). The van der Waals surface area contributed by atoms with Crippen molar-refractivity contribution in [3.8, 4) is 5.75 Å². The summed E-state index contributed by atoms with van der Waals surface area (Å²) in [5, 5.41) is 0. The summed E-state index contributed by atoms with van der Waals surface area (Å²) in [7, 11) is -9.51. The molecule has 0 aromatic heterocycles. The van der Waals surface area contributed by atoms with Gasteiger partial charge in [0.25, 0.3) is 10.1 Å². The molecule has 0 aliphatic carbocycles. The van der Waals surface area contributed by atoms with E-state index in [2.05, 4.69) is 0 Å². The molecular formula is C13H12FNO6S2. The lowest BCUT2D eigenvalue weighted by Crippen LogP contribution is -2.15. The second-order valence-corrected chi connectivity index (χ2v) is 7.46. The molecule has 0 saturated carbocycles. The van der Waals surface area contributed by atoms with Gasteiger partial charge in [-0.3, -0.25) is 4.55 Å². The smallest absolute Gasteiger partial charge is 0.342 e. The fourth-order valence-electron chi connectivity index (χ4n) is 1.79. The van der Waals surface area contributed by atoms with Crippen molar-refractivity contribution in [2.24, 2.45) is 0 Å². The molecule has 0 atom stereocenters. The maximum Gasteiger partial charge on any atom is 0.342 e. The van der Waals surface area contributed by atoms with Crippen LogP contribution in [0.2, 0.25) is 0 Å². The first kappa shape index (κ1) is 17.2. The van der Waals surface area contributed by atoms with E-state index in [9.17, 15) is 21.2 Å². The van der Waals surface area contributed by atoms with Gasteiger partial charge in [-0.15, -0.1) is 0 Å². The number of rotatable bonds is 4. The van der Waals surface area contributed by atoms with Gasteiger partial charge in [-0.1, -0.05) is 18.2 Å². The quantitative estimate of drug-likeness (QED) is 0.483. The number of nitrogen functional groups attached to an aromatic ring is 1. The van der Waals surface area contributed by atoms with E-state index in [0.29, 0.717) is 6.07 Å². The Bertz CT molecular complexity index is 956. The molecular weight excluding hydrogens is 349 g/mol. The second-order valence-electron chi connectivity index (χ2n) is 4.55. The number of hydrogen-bond donors (Lipinski definition) is 2. The lowest BCUT2D eigenvalue weighted by atomic mass is 10.2. The summed E-state index contributed by atoms with van der Waals surface area (Å²) in [6, 6.07) is 7.68. The molecule has 10 heteroatoms. The highest BCUT2D eigenvalue weighted by Gasteiger charge is 2.29. The summed E-state index contributed by atoms with van der Waals surface area (Å²) in [5.74, 6) is -1.35. The standard InChI is InChI=1S/C13H12FNO6S2/c1-8-12(14)10(7-11(13(8)15)22(16,17)18)23(19,20)21-9-5-3-2-4-6-9/h2-7H,15H2,1H3,(H,16,17,18). The van der Waals surface area contributed by atoms with Gasteiger partial charge in [-0.05, 0) is 25.1 Å². The van der Waals surface area contributed by atoms with Crippen LogP contribution in [0.3, 0.4) is 0 Å². The van der Waals surface area contributed by atoms with Crippen LogP contribution in [-0.4, -0.2) is 21.4 Å². The third-order valence-electron chi connectivity index (χ3n) is 2.97. The van der Waals surface area contributed by atoms with Gasteiger partial charge in [-0.2, -0.15) is 16.8 Å². The Kier molecular flexibility index (Phi) is 4.33. The topological polar surface area (TPSA) is 124 Å². The monoisotopic (exact) mass is 361 g/mol. The molecule has 124 valence electrons. The number of nitrogens with two attached hydrogens (primary N) is 1. The van der Waals surface area contributed by atoms with Gasteiger partial charge in [0.05, 0.1) is 5.69 Å². The van der Waals surface area contributed by atoms with Crippen LogP contribution in [0.25, 0.3) is 0 Å². The largest absolute Gasteiger partial charge is 0.397 e. The predicted molar refractivity (Wildman–Crippen MR) is 79.6 cm³/mol. The van der Waals surface area contributed by atoms with E-state index in [4.69, 9.17) is 14.5 Å². The first-order valence-electron chi connectivity index (χ1n) is 6.09. The van der Waals surface area contributed by atoms with Crippen LogP contribution in [0.5, 0.6) is 5.75 Å². The lowest BCUT2D eigenvalue weighted by molar-refractivity contribution is 0.473. The van der Waals surface area contributed by atoms with E-state index < -0.39 is 47.1 Å². The van der Waals surface area contributed by atoms with E-state index in [1.54, 1.807) is 6.07 Å². The van der Waals surface area contributed by atoms with Crippen LogP contribution >= 0.6 is 0 Å². The fourth-order valence-corrected chi connectivity index (χ4v) is 3.65. The van der Waals surface area contributed by atoms with Gasteiger partial charge >= 0.3 is 10.1 Å². The first-order chi connectivity index (χ1) is 10.5. The Morgan fingerprint density at radius 1 is 1.09 bits per heavy atom. The molecule has 7 nitrogen and oxygen atoms in total. The minimum atomic E-state index is -4.84. The number of benzene rings is 2. The van der Waals surface area contributed by atoms with Gasteiger partial charge in [-0.25, -0.2) is 4.39 Å². The molecule has 0 aliphatic rings. The highest BCUT2D eigenvalue weighted by atomic mass is 32.2. The van der Waals surface area contributed by atoms with Crippen molar-refractivity contribution < 1.29 is 30.0 Å². The summed E-state index contributed by atoms with van der Waals surface area (Å²) in [6.45, 7) is 1.08. The number of hydrogen-bond acceptors (Lipinski definition) is 6. The minimum absolute atomic E-state index is 0.0882. The van der Waals surface area contributed by atoms with E-state index in [1.807, 2.05) is 0 Å². The molecule has 0 bridgehead atoms. The number of anilines is 1. The molecule has 0 radical (unpaired) electrons. The Morgan fingerprint density at radius 3 is 2.17 bits per heavy atom. The molecule has 0 saturated heterocycles. The van der Waals surface area contributed by atoms with Crippen molar-refractivity contribution in [2.45, 2.75) is 16.7 Å². The van der Waals surface area contributed by atoms with E-state index in [-0.39, 0.29) is 5.75 Å². The van der Waals surface area contributed by atoms with Crippen LogP contribution in [0.4, 0.5) is 10.1 Å². The van der Waals surface area contributed by atoms with Crippen LogP contribution in [-0.2, 0) is 20.2 Å². The van der Waals surface area contributed by atoms with Crippen LogP contribution < -0.4 is 9.92 Å². The molecule has 2 aromatic carbocycles. The highest BCUT2D eigenvalue weighted by molar-refractivity contribution is 7.87. The fraction of sp³-hybridized carbons (Fsp3) is 0.0769. The zero-order valence-corrected chi connectivity index (χ0v) is 13.4. The summed E-state index contributed by atoms with van der Waals surface area (Å²) in [6.07, 6.45) is 0. The summed E-state index contributed by atoms with van der Waals surface area (Å²) in [5.41, 5.74) is 4.40. The van der Waals surface area contributed by atoms with Crippen molar-refractivity contribution in [1.29, 1.82) is 0 Å². The number of halogens is 1. The molecule has 3 N–H and O–H groups in total. The third-order valence-corrected chi connectivity index (χ3v) is 5.11. The molecule has 0 heterocycles. The summed E-state index contributed by atoms with van der Waals surface area (Å²) < 4.78 is 75.0. The summed E-state index contributed by atoms with van der Waals surface area (Å²) >= 11 is 0. The Hall–Kier alpha value is -2.17. The molecule has 2 aromatic rings. The van der Waals surface area contributed by atoms with Gasteiger partial charge in [0.1, 0.15) is 21.4 Å². The maximum atomic E-state index is 14.2. The normalized spacial score (nSPS) is 12.1. The molecule has 0 aliphatic heterocycles. The first-order valence-corrected chi connectivity index (χ1v) is 8.94. The Labute approximate surface area is 132 Å². The van der Waals surface area contributed by atoms with Gasteiger partial charge in [0, 0.05) is 5.56 Å². The van der Waals surface area contributed by atoms with Gasteiger partial charge < -0.3 is 9.92 Å². The van der Waals surface area contributed by atoms with E-state index in [1.165, 1.54) is 24.3 Å². The van der Waals surface area contributed by atoms with Crippen molar-refractivity contribution in [3.63, 3.8) is 0 Å². The Morgan fingerprint density at radius 2 is 1.65 bits per heavy atom. The second kappa shape index (κ2) is 5.80. The van der Waals surface area contributed by atoms with Gasteiger partial charge in [0.2, 0.25) is 0 Å². The predicted octanol–water partition coefficient (Wildman–Crippen LogP) is 1.73. The van der Waals surface area contributed by atoms with E-state index in [0.717, 1.165) is 6.92 Å². The summed E-state index contributed by atoms with van der Waals surface area (Å²) in [4.78, 5) is -1.95. The molecule has 0 unspecified atom stereocenters. The Balaban J connectivity index is 2.65. The third kappa shape index (κ3) is 3.44. The van der Waals surface area contributed by atoms with Crippen molar-refractivity contribution >= 4 is 25.9 Å². The molecule has 23 heavy (non-hydrogen) atoms. The van der Waals surface area contributed by atoms with Crippen LogP contribution in [0.1, 0.15) is 5.56 Å². The van der Waals surface area contributed by atoms with Gasteiger partial charge in [0.15, 0.2) is 0 Å². The minimum Gasteiger partial charge on any atom is -0.397 e. The average Bonchev–Trinajstić information content (AvgIpc) is 2.43. The van der Waals surface area contributed by atoms with Crippen molar-refractivity contribution in [2.75, 3.05) is 5.73 Å². The highest BCUT2D eigenvalue weighted by Crippen LogP contribution is 2.31. The maximum absolute atomic E-state index is 14.2. The number of para-hydroxylation sites is 1. The van der Waals surface area contributed by atoms with E-state index >= 15 is 0 Å². The zero-order valence-electron chi connectivity index (χ0n) is 11.7. The van der Waals surface area contributed by atoms with Crippen LogP contribution in [0.15, 0.2) is 46.2 Å². The zero-order chi connectivity index (χ0) is 17.4. The lowest BCUT2D eigenvalue weighted by Gasteiger charge is -2.13. The molecule has 0 amide bonds. The van der Waals surface area contributed by atoms with Crippen molar-refractivity contribution in [3.05, 3.63) is 47.8 Å².